The summed E-state index contributed by atoms with van der Waals surface area (Å²) in [6.45, 7) is 3.14. The minimum absolute atomic E-state index is 0.000880. The molecule has 284 valence electrons. The van der Waals surface area contributed by atoms with Gasteiger partial charge < -0.3 is 35.4 Å². The largest absolute Gasteiger partial charge is 0.744 e. The second kappa shape index (κ2) is 16.9. The number of benzene rings is 3. The van der Waals surface area contributed by atoms with Gasteiger partial charge in [-0.1, -0.05) is 18.2 Å². The number of imide groups is 1. The van der Waals surface area contributed by atoms with Crippen LogP contribution in [-0.2, 0) is 34.6 Å². The number of carboxylic acids is 1. The lowest BCUT2D eigenvalue weighted by molar-refractivity contribution is -0.176. The fourth-order valence-corrected chi connectivity index (χ4v) is 8.18. The maximum absolute atomic E-state index is 12.0. The number of aromatic carboxylic acids is 1. The first-order valence-electron chi connectivity index (χ1n) is 15.9. The van der Waals surface area contributed by atoms with Crippen LogP contribution in [0.15, 0.2) is 62.7 Å². The summed E-state index contributed by atoms with van der Waals surface area (Å²) in [7, 11) is -10.5. The molecule has 2 aromatic rings. The molecule has 1 aliphatic carbocycles. The lowest BCUT2D eigenvalue weighted by Gasteiger charge is -2.21. The molecule has 3 aliphatic rings. The van der Waals surface area contributed by atoms with Gasteiger partial charge in [-0.2, -0.15) is 0 Å². The molecule has 8 N–H and O–H groups in total. The zero-order valence-corrected chi connectivity index (χ0v) is 30.6. The van der Waals surface area contributed by atoms with Gasteiger partial charge in [0.05, 0.1) is 16.5 Å². The SMILES string of the molecule is CC(=O)NCCCCCN1C(=O)CC(SCCN)C1=O.Nc1ccc2c(-c3ccccc3C(=O)O)c3ccc(=[NH2+])c(S(=O)(=O)[O-])c-3oc2c1S(=O)(=O)[O-]. The third-order valence-corrected chi connectivity index (χ3v) is 11.1. The van der Waals surface area contributed by atoms with E-state index in [4.69, 9.17) is 21.3 Å². The maximum Gasteiger partial charge on any atom is 0.336 e. The second-order valence-electron chi connectivity index (χ2n) is 11.7. The van der Waals surface area contributed by atoms with Crippen molar-refractivity contribution >= 4 is 72.3 Å². The van der Waals surface area contributed by atoms with E-state index in [-0.39, 0.29) is 50.6 Å². The first-order valence-corrected chi connectivity index (χ1v) is 19.8. The quantitative estimate of drug-likeness (QED) is 0.0393. The van der Waals surface area contributed by atoms with E-state index < -0.39 is 58.4 Å². The number of nitrogen functional groups attached to an aromatic ring is 1. The summed E-state index contributed by atoms with van der Waals surface area (Å²) in [5.41, 5.74) is 9.72. The highest BCUT2D eigenvalue weighted by Gasteiger charge is 2.38. The predicted octanol–water partition coefficient (Wildman–Crippen LogP) is 0.0652. The molecule has 0 spiro atoms. The standard InChI is InChI=1S/C20H14N2O9S2.C13H23N3O3S/c21-13-7-5-11-15(9-3-1-2-4-10(9)20(23)24)12-6-8-14(22)19(33(28,29)30)17(12)31-16(11)18(13)32(25,26)27;1-10(17)15-6-3-2-4-7-16-12(18)9-11(13(16)19)20-8-5-14/h1-8,21H,22H2,(H,23,24)(H,25,26,27)(H,28,29,30);11H,2-9,14H2,1H3,(H,15,17)/p-1. The van der Waals surface area contributed by atoms with Crippen LogP contribution in [0.2, 0.25) is 0 Å². The molecular weight excluding hydrogens is 755 g/mol. The first-order chi connectivity index (χ1) is 24.9. The zero-order chi connectivity index (χ0) is 39.2. The van der Waals surface area contributed by atoms with Crippen LogP contribution >= 0.6 is 11.8 Å². The van der Waals surface area contributed by atoms with Crippen LogP contribution < -0.4 is 27.6 Å². The molecule has 2 aromatic carbocycles. The Labute approximate surface area is 308 Å². The Kier molecular flexibility index (Phi) is 13.0. The number of nitrogens with one attached hydrogen (secondary N) is 1. The molecule has 2 heterocycles. The number of carboxylic acid groups (broad SMARTS) is 1. The molecule has 1 saturated heterocycles. The number of amides is 3. The average Bonchev–Trinajstić information content (AvgIpc) is 3.34. The lowest BCUT2D eigenvalue weighted by Crippen LogP contribution is -2.47. The van der Waals surface area contributed by atoms with Gasteiger partial charge in [0.15, 0.2) is 16.2 Å². The van der Waals surface area contributed by atoms with Crippen LogP contribution in [0.5, 0.6) is 0 Å². The Balaban J connectivity index is 0.000000269. The predicted molar refractivity (Wildman–Crippen MR) is 190 cm³/mol. The van der Waals surface area contributed by atoms with Crippen molar-refractivity contribution in [1.29, 1.82) is 0 Å². The zero-order valence-electron chi connectivity index (χ0n) is 28.2. The van der Waals surface area contributed by atoms with Crippen LogP contribution in [0.25, 0.3) is 33.4 Å². The highest BCUT2D eigenvalue weighted by Crippen LogP contribution is 2.45. The van der Waals surface area contributed by atoms with Crippen LogP contribution in [0, 0.1) is 0 Å². The van der Waals surface area contributed by atoms with E-state index in [1.54, 1.807) is 0 Å². The Morgan fingerprint density at radius 3 is 2.30 bits per heavy atom. The number of rotatable bonds is 13. The maximum atomic E-state index is 12.0. The summed E-state index contributed by atoms with van der Waals surface area (Å²) in [4.78, 5) is 45.7. The van der Waals surface area contributed by atoms with Crippen molar-refractivity contribution in [2.24, 2.45) is 5.73 Å². The highest BCUT2D eigenvalue weighted by atomic mass is 32.2. The summed E-state index contributed by atoms with van der Waals surface area (Å²) >= 11 is 1.47. The van der Waals surface area contributed by atoms with Gasteiger partial charge in [0, 0.05) is 61.3 Å². The Morgan fingerprint density at radius 2 is 1.68 bits per heavy atom. The van der Waals surface area contributed by atoms with Crippen LogP contribution in [0.1, 0.15) is 43.0 Å². The van der Waals surface area contributed by atoms with Gasteiger partial charge in [0.2, 0.25) is 23.1 Å². The average molecular weight is 791 g/mol. The van der Waals surface area contributed by atoms with E-state index in [1.165, 1.54) is 60.0 Å². The van der Waals surface area contributed by atoms with Crippen molar-refractivity contribution in [3.05, 3.63) is 59.5 Å². The van der Waals surface area contributed by atoms with Gasteiger partial charge in [-0.05, 0) is 49.1 Å². The Hall–Kier alpha value is -4.86. The molecule has 17 nitrogen and oxygen atoms in total. The number of thioether (sulfide) groups is 1. The number of hydrogen-bond acceptors (Lipinski definition) is 14. The normalized spacial score (nSPS) is 14.7. The summed E-state index contributed by atoms with van der Waals surface area (Å²) in [5, 5.41) is 17.3. The second-order valence-corrected chi connectivity index (χ2v) is 15.7. The topological polar surface area (TPSA) is 309 Å². The first kappa shape index (κ1) is 40.9. The number of anilines is 1. The molecular formula is C33H36N5O12S3-. The summed E-state index contributed by atoms with van der Waals surface area (Å²) in [6.07, 6.45) is 2.83. The summed E-state index contributed by atoms with van der Waals surface area (Å²) in [6, 6.07) is 10.4. The smallest absolute Gasteiger partial charge is 0.336 e. The van der Waals surface area contributed by atoms with E-state index in [9.17, 15) is 50.2 Å². The number of fused-ring (bicyclic) bond motifs is 2. The summed E-state index contributed by atoms with van der Waals surface area (Å²) in [5.74, 6) is -1.47. The molecule has 1 fully saturated rings. The van der Waals surface area contributed by atoms with E-state index in [1.807, 2.05) is 0 Å². The molecule has 3 amide bonds. The fourth-order valence-electron chi connectivity index (χ4n) is 5.76. The monoisotopic (exact) mass is 790 g/mol. The summed E-state index contributed by atoms with van der Waals surface area (Å²) < 4.78 is 77.4. The van der Waals surface area contributed by atoms with Crippen molar-refractivity contribution in [1.82, 2.24) is 10.2 Å². The minimum atomic E-state index is -5.26. The highest BCUT2D eigenvalue weighted by molar-refractivity contribution is 8.00. The van der Waals surface area contributed by atoms with Crippen molar-refractivity contribution < 1.29 is 60.1 Å². The number of unbranched alkanes of at least 4 members (excludes halogenated alkanes) is 2. The van der Waals surface area contributed by atoms with E-state index in [0.717, 1.165) is 31.4 Å². The van der Waals surface area contributed by atoms with Gasteiger partial charge in [-0.25, -0.2) is 21.6 Å². The fraction of sp³-hybridized carbons (Fsp3) is 0.303. The number of hydrogen-bond donors (Lipinski definition) is 5. The van der Waals surface area contributed by atoms with E-state index in [0.29, 0.717) is 31.8 Å². The molecule has 0 radical (unpaired) electrons. The van der Waals surface area contributed by atoms with Gasteiger partial charge in [-0.15, -0.1) is 11.8 Å². The third kappa shape index (κ3) is 9.39. The number of carbonyl (C=O) groups excluding carboxylic acids is 3. The van der Waals surface area contributed by atoms with Crippen molar-refractivity contribution in [2.75, 3.05) is 31.1 Å². The number of carbonyl (C=O) groups is 4. The number of likely N-dealkylation sites (tertiary alicyclic amines) is 1. The van der Waals surface area contributed by atoms with Gasteiger partial charge >= 0.3 is 5.97 Å². The van der Waals surface area contributed by atoms with Gasteiger partial charge in [0.1, 0.15) is 25.1 Å². The van der Waals surface area contributed by atoms with Crippen molar-refractivity contribution in [3.63, 3.8) is 0 Å². The molecule has 20 heteroatoms. The Morgan fingerprint density at radius 1 is 1.00 bits per heavy atom. The molecule has 1 atom stereocenters. The molecule has 1 unspecified atom stereocenters. The van der Waals surface area contributed by atoms with Gasteiger partial charge in [-0.3, -0.25) is 24.7 Å². The van der Waals surface area contributed by atoms with Crippen molar-refractivity contribution in [2.45, 2.75) is 47.6 Å². The molecule has 5 rings (SSSR count). The molecule has 2 aliphatic heterocycles. The molecule has 0 saturated carbocycles. The molecule has 0 aromatic heterocycles. The number of nitrogens with two attached hydrogens (primary N) is 3. The minimum Gasteiger partial charge on any atom is -0.744 e. The van der Waals surface area contributed by atoms with Crippen LogP contribution in [0.4, 0.5) is 5.69 Å². The van der Waals surface area contributed by atoms with Gasteiger partial charge in [0.25, 0.3) is 0 Å². The van der Waals surface area contributed by atoms with E-state index in [2.05, 4.69) is 5.32 Å². The molecule has 53 heavy (non-hydrogen) atoms. The lowest BCUT2D eigenvalue weighted by atomic mass is 9.90. The van der Waals surface area contributed by atoms with Crippen LogP contribution in [0.3, 0.4) is 0 Å². The van der Waals surface area contributed by atoms with E-state index >= 15 is 0 Å². The Bertz CT molecular complexity index is 2330. The van der Waals surface area contributed by atoms with Crippen LogP contribution in [-0.4, -0.2) is 90.3 Å². The third-order valence-electron chi connectivity index (χ3n) is 8.03. The van der Waals surface area contributed by atoms with Crippen molar-refractivity contribution in [3.8, 4) is 22.5 Å². The number of nitrogens with zero attached hydrogens (tertiary/aromatic N) is 1. The molecule has 0 bridgehead atoms.